The van der Waals surface area contributed by atoms with Crippen LogP contribution in [0.15, 0.2) is 72.0 Å². The van der Waals surface area contributed by atoms with Crippen molar-refractivity contribution in [2.75, 3.05) is 4.90 Å². The number of aliphatic hydroxyl groups excluding tert-OH is 2. The number of anilines is 1. The highest BCUT2D eigenvalue weighted by Gasteiger charge is 2.45. The van der Waals surface area contributed by atoms with Gasteiger partial charge in [-0.3, -0.25) is 4.79 Å². The highest BCUT2D eigenvalue weighted by Crippen LogP contribution is 2.43. The van der Waals surface area contributed by atoms with Crippen molar-refractivity contribution in [3.05, 3.63) is 88.7 Å². The summed E-state index contributed by atoms with van der Waals surface area (Å²) in [7, 11) is 0. The summed E-state index contributed by atoms with van der Waals surface area (Å²) < 4.78 is 47.6. The first-order valence-corrected chi connectivity index (χ1v) is 12.3. The van der Waals surface area contributed by atoms with Gasteiger partial charge in [-0.15, -0.1) is 23.4 Å². The minimum absolute atomic E-state index is 0.101. The summed E-state index contributed by atoms with van der Waals surface area (Å²) in [5.74, 6) is -1.06. The Bertz CT molecular complexity index is 1340. The highest BCUT2D eigenvalue weighted by atomic mass is 19.4. The number of Topliss-reactive ketones (excluding diaryl/α,β-unsaturated/α-hetero) is 1. The van der Waals surface area contributed by atoms with E-state index < -0.39 is 35.9 Å². The topological polar surface area (TPSA) is 105 Å². The fourth-order valence-corrected chi connectivity index (χ4v) is 4.30. The molecule has 0 fully saturated rings. The van der Waals surface area contributed by atoms with E-state index in [0.717, 1.165) is 17.7 Å². The quantitative estimate of drug-likeness (QED) is 0.341. The molecule has 1 aliphatic rings. The molecular weight excluding hydrogens is 515 g/mol. The molecule has 3 aromatic rings. The Balaban J connectivity index is 1.77. The summed E-state index contributed by atoms with van der Waals surface area (Å²) in [4.78, 5) is 15.0. The summed E-state index contributed by atoms with van der Waals surface area (Å²) in [5.41, 5.74) is 1.44. The third kappa shape index (κ3) is 6.14. The summed E-state index contributed by atoms with van der Waals surface area (Å²) in [6.07, 6.45) is -6.72. The standard InChI is InChI=1S/C28H28F3N3O5/c1-15(2)17-5-7-19(8-6-17)25(35)23-24(18-9-11-20(12-10-18)39-28(29,30)31)34(27(37)26(23)36)21-13-14-22(33-32-21)38-16(3)4/h5-16,24,27,36-37H,1-4H3. The van der Waals surface area contributed by atoms with E-state index in [9.17, 15) is 28.2 Å². The van der Waals surface area contributed by atoms with Crippen LogP contribution in [0.1, 0.15) is 61.1 Å². The van der Waals surface area contributed by atoms with E-state index in [2.05, 4.69) is 14.9 Å². The first-order chi connectivity index (χ1) is 18.4. The van der Waals surface area contributed by atoms with Crippen LogP contribution in [-0.4, -0.2) is 44.9 Å². The normalized spacial score (nSPS) is 17.7. The lowest BCUT2D eigenvalue weighted by atomic mass is 9.91. The fraction of sp³-hybridized carbons (Fsp3) is 0.321. The zero-order chi connectivity index (χ0) is 28.5. The second-order valence-electron chi connectivity index (χ2n) is 9.60. The van der Waals surface area contributed by atoms with Gasteiger partial charge >= 0.3 is 6.36 Å². The molecule has 4 rings (SSSR count). The number of carbonyl (C=O) groups excluding carboxylic acids is 1. The first kappa shape index (κ1) is 27.9. The highest BCUT2D eigenvalue weighted by molar-refractivity contribution is 6.11. The summed E-state index contributed by atoms with van der Waals surface area (Å²) >= 11 is 0. The Labute approximate surface area is 223 Å². The summed E-state index contributed by atoms with van der Waals surface area (Å²) in [5, 5.41) is 30.1. The van der Waals surface area contributed by atoms with Crippen molar-refractivity contribution in [1.29, 1.82) is 0 Å². The van der Waals surface area contributed by atoms with E-state index >= 15 is 0 Å². The zero-order valence-corrected chi connectivity index (χ0v) is 21.7. The molecule has 39 heavy (non-hydrogen) atoms. The Morgan fingerprint density at radius 1 is 0.949 bits per heavy atom. The van der Waals surface area contributed by atoms with Gasteiger partial charge in [0.2, 0.25) is 5.88 Å². The van der Waals surface area contributed by atoms with Crippen molar-refractivity contribution in [2.45, 2.75) is 58.3 Å². The van der Waals surface area contributed by atoms with Crippen LogP contribution >= 0.6 is 0 Å². The van der Waals surface area contributed by atoms with Gasteiger partial charge in [0.05, 0.1) is 17.7 Å². The van der Waals surface area contributed by atoms with E-state index in [4.69, 9.17) is 4.74 Å². The van der Waals surface area contributed by atoms with Crippen LogP contribution in [0.4, 0.5) is 19.0 Å². The first-order valence-electron chi connectivity index (χ1n) is 12.3. The molecule has 2 heterocycles. The van der Waals surface area contributed by atoms with Gasteiger partial charge in [-0.1, -0.05) is 50.2 Å². The van der Waals surface area contributed by atoms with E-state index in [1.165, 1.54) is 29.2 Å². The van der Waals surface area contributed by atoms with Crippen LogP contribution in [0.25, 0.3) is 0 Å². The van der Waals surface area contributed by atoms with Gasteiger partial charge < -0.3 is 24.6 Å². The van der Waals surface area contributed by atoms with Crippen LogP contribution in [0.3, 0.4) is 0 Å². The van der Waals surface area contributed by atoms with Crippen LogP contribution < -0.4 is 14.4 Å². The van der Waals surface area contributed by atoms with Gasteiger partial charge in [0.1, 0.15) is 5.75 Å². The predicted molar refractivity (Wildman–Crippen MR) is 137 cm³/mol. The summed E-state index contributed by atoms with van der Waals surface area (Å²) in [6.45, 7) is 7.65. The molecule has 0 saturated heterocycles. The van der Waals surface area contributed by atoms with Gasteiger partial charge in [0, 0.05) is 11.6 Å². The van der Waals surface area contributed by atoms with Crippen molar-refractivity contribution < 1.29 is 37.7 Å². The number of aliphatic hydroxyl groups is 2. The smallest absolute Gasteiger partial charge is 0.507 e. The molecule has 1 aromatic heterocycles. The second kappa shape index (κ2) is 10.9. The van der Waals surface area contributed by atoms with Crippen LogP contribution in [0.5, 0.6) is 11.6 Å². The number of ketones is 1. The number of benzene rings is 2. The monoisotopic (exact) mass is 543 g/mol. The van der Waals surface area contributed by atoms with Crippen molar-refractivity contribution in [2.24, 2.45) is 0 Å². The molecule has 206 valence electrons. The molecule has 0 radical (unpaired) electrons. The maximum Gasteiger partial charge on any atom is 0.573 e. The van der Waals surface area contributed by atoms with Gasteiger partial charge in [-0.25, -0.2) is 0 Å². The van der Waals surface area contributed by atoms with Gasteiger partial charge in [0.15, 0.2) is 23.6 Å². The van der Waals surface area contributed by atoms with E-state index in [1.807, 2.05) is 27.7 Å². The molecule has 0 bridgehead atoms. The number of halogens is 3. The van der Waals surface area contributed by atoms with Gasteiger partial charge in [0.25, 0.3) is 0 Å². The SMILES string of the molecule is CC(C)Oc1ccc(N2C(O)C(O)=C(C(=O)c3ccc(C(C)C)cc3)C2c2ccc(OC(F)(F)F)cc2)nn1. The molecule has 2 unspecified atom stereocenters. The Kier molecular flexibility index (Phi) is 7.82. The molecule has 0 saturated carbocycles. The third-order valence-electron chi connectivity index (χ3n) is 6.10. The zero-order valence-electron chi connectivity index (χ0n) is 21.7. The lowest BCUT2D eigenvalue weighted by Crippen LogP contribution is -2.35. The van der Waals surface area contributed by atoms with Crippen LogP contribution in [-0.2, 0) is 0 Å². The molecular formula is C28H28F3N3O5. The lowest BCUT2D eigenvalue weighted by molar-refractivity contribution is -0.274. The molecule has 1 aliphatic heterocycles. The second-order valence-corrected chi connectivity index (χ2v) is 9.60. The molecule has 0 spiro atoms. The van der Waals surface area contributed by atoms with Crippen LogP contribution in [0.2, 0.25) is 0 Å². The molecule has 11 heteroatoms. The largest absolute Gasteiger partial charge is 0.573 e. The van der Waals surface area contributed by atoms with Gasteiger partial charge in [-0.2, -0.15) is 0 Å². The number of carbonyl (C=O) groups is 1. The average molecular weight is 544 g/mol. The number of hydrogen-bond donors (Lipinski definition) is 2. The number of aromatic nitrogens is 2. The molecule has 2 atom stereocenters. The molecule has 0 aliphatic carbocycles. The van der Waals surface area contributed by atoms with Crippen molar-refractivity contribution in [3.8, 4) is 11.6 Å². The Morgan fingerprint density at radius 3 is 2.10 bits per heavy atom. The Hall–Kier alpha value is -4.12. The van der Waals surface area contributed by atoms with Crippen LogP contribution in [0, 0.1) is 0 Å². The molecule has 2 N–H and O–H groups in total. The number of alkyl halides is 3. The fourth-order valence-electron chi connectivity index (χ4n) is 4.30. The average Bonchev–Trinajstić information content (AvgIpc) is 3.13. The number of hydrogen-bond acceptors (Lipinski definition) is 8. The Morgan fingerprint density at radius 2 is 1.59 bits per heavy atom. The molecule has 2 aromatic carbocycles. The number of nitrogens with zero attached hydrogens (tertiary/aromatic N) is 3. The summed E-state index contributed by atoms with van der Waals surface area (Å²) in [6, 6.07) is 13.6. The minimum atomic E-state index is -4.88. The van der Waals surface area contributed by atoms with Crippen molar-refractivity contribution >= 4 is 11.6 Å². The number of rotatable bonds is 8. The van der Waals surface area contributed by atoms with Gasteiger partial charge in [-0.05, 0) is 49.1 Å². The molecule has 8 nitrogen and oxygen atoms in total. The molecule has 0 amide bonds. The van der Waals surface area contributed by atoms with Crippen molar-refractivity contribution in [1.82, 2.24) is 10.2 Å². The maximum absolute atomic E-state index is 13.7. The maximum atomic E-state index is 13.7. The van der Waals surface area contributed by atoms with E-state index in [-0.39, 0.29) is 34.9 Å². The number of ether oxygens (including phenoxy) is 2. The minimum Gasteiger partial charge on any atom is -0.507 e. The lowest BCUT2D eigenvalue weighted by Gasteiger charge is -2.30. The third-order valence-corrected chi connectivity index (χ3v) is 6.10. The van der Waals surface area contributed by atoms with Crippen molar-refractivity contribution in [3.63, 3.8) is 0 Å². The van der Waals surface area contributed by atoms with E-state index in [1.54, 1.807) is 24.3 Å². The van der Waals surface area contributed by atoms with E-state index in [0.29, 0.717) is 5.56 Å². The predicted octanol–water partition coefficient (Wildman–Crippen LogP) is 5.86.